The number of carbonyl (C=O) groups is 1. The smallest absolute Gasteiger partial charge is 0.377 e. The molecule has 0 fully saturated rings. The van der Waals surface area contributed by atoms with Gasteiger partial charge in [-0.25, -0.2) is 9.38 Å². The number of alkyl halides is 3. The third kappa shape index (κ3) is 4.78. The second-order valence-electron chi connectivity index (χ2n) is 5.60. The minimum Gasteiger partial charge on any atom is -0.377 e. The molecule has 0 radical (unpaired) electrons. The Hall–Kier alpha value is -3.04. The van der Waals surface area contributed by atoms with Crippen LogP contribution in [0.15, 0.2) is 35.5 Å². The van der Waals surface area contributed by atoms with Crippen LogP contribution in [0.3, 0.4) is 0 Å². The number of hydrogen-bond acceptors (Lipinski definition) is 4. The highest BCUT2D eigenvalue weighted by Crippen LogP contribution is 2.31. The molecule has 1 aromatic heterocycles. The van der Waals surface area contributed by atoms with E-state index in [1.165, 1.54) is 12.3 Å². The average Bonchev–Trinajstić information content (AvgIpc) is 3.09. The Kier molecular flexibility index (Phi) is 6.09. The zero-order valence-electron chi connectivity index (χ0n) is 14.8. The first-order valence-corrected chi connectivity index (χ1v) is 7.84. The number of aldehydes is 1. The summed E-state index contributed by atoms with van der Waals surface area (Å²) in [6.45, 7) is 3.23. The summed E-state index contributed by atoms with van der Waals surface area (Å²) in [6, 6.07) is 1.52. The summed E-state index contributed by atoms with van der Waals surface area (Å²) in [7, 11) is 1.66. The molecule has 0 amide bonds. The lowest BCUT2D eigenvalue weighted by molar-refractivity contribution is -0.137. The van der Waals surface area contributed by atoms with Gasteiger partial charge in [0, 0.05) is 18.7 Å². The maximum atomic E-state index is 14.2. The molecule has 10 heteroatoms. The van der Waals surface area contributed by atoms with Gasteiger partial charge in [0.25, 0.3) is 0 Å². The first kappa shape index (κ1) is 20.3. The van der Waals surface area contributed by atoms with Crippen molar-refractivity contribution >= 4 is 17.8 Å². The van der Waals surface area contributed by atoms with E-state index >= 15 is 0 Å². The molecule has 0 bridgehead atoms. The Bertz CT molecular complexity index is 886. The molecule has 1 atom stereocenters. The van der Waals surface area contributed by atoms with E-state index in [0.717, 1.165) is 16.9 Å². The highest BCUT2D eigenvalue weighted by molar-refractivity contribution is 5.89. The van der Waals surface area contributed by atoms with E-state index in [1.807, 2.05) is 0 Å². The van der Waals surface area contributed by atoms with Gasteiger partial charge in [-0.1, -0.05) is 6.07 Å². The van der Waals surface area contributed by atoms with Gasteiger partial charge in [0.05, 0.1) is 29.3 Å². The number of benzene rings is 1. The number of nitrogens with one attached hydrogen (secondary N) is 1. The number of halogens is 4. The lowest BCUT2D eigenvalue weighted by Crippen LogP contribution is -2.14. The number of rotatable bonds is 5. The van der Waals surface area contributed by atoms with Crippen LogP contribution in [0.5, 0.6) is 0 Å². The molecule has 0 saturated carbocycles. The van der Waals surface area contributed by atoms with Crippen molar-refractivity contribution in [2.75, 3.05) is 7.05 Å². The molecule has 0 aliphatic rings. The molecule has 0 aliphatic carbocycles. The predicted molar refractivity (Wildman–Crippen MR) is 91.4 cm³/mol. The van der Waals surface area contributed by atoms with E-state index in [0.29, 0.717) is 18.2 Å². The van der Waals surface area contributed by atoms with Crippen molar-refractivity contribution in [2.24, 2.45) is 4.99 Å². The number of allylic oxidation sites excluding steroid dienone is 1. The van der Waals surface area contributed by atoms with E-state index in [9.17, 15) is 22.4 Å². The van der Waals surface area contributed by atoms with Crippen molar-refractivity contribution in [3.8, 4) is 0 Å². The third-order valence-electron chi connectivity index (χ3n) is 3.77. The molecule has 2 aromatic rings. The van der Waals surface area contributed by atoms with Crippen LogP contribution < -0.4 is 5.32 Å². The minimum absolute atomic E-state index is 0.000902. The Labute approximate surface area is 152 Å². The third-order valence-corrected chi connectivity index (χ3v) is 3.77. The zero-order valence-corrected chi connectivity index (χ0v) is 14.8. The van der Waals surface area contributed by atoms with E-state index in [4.69, 9.17) is 0 Å². The topological polar surface area (TPSA) is 72.2 Å². The fourth-order valence-electron chi connectivity index (χ4n) is 2.23. The molecule has 1 aromatic carbocycles. The van der Waals surface area contributed by atoms with Crippen molar-refractivity contribution in [1.29, 1.82) is 0 Å². The summed E-state index contributed by atoms with van der Waals surface area (Å²) in [5.41, 5.74) is -0.571. The second-order valence-corrected chi connectivity index (χ2v) is 5.60. The van der Waals surface area contributed by atoms with Gasteiger partial charge in [0.1, 0.15) is 17.8 Å². The summed E-state index contributed by atoms with van der Waals surface area (Å²) in [5.74, 6) is -0.483. The van der Waals surface area contributed by atoms with Gasteiger partial charge < -0.3 is 5.32 Å². The molecule has 27 heavy (non-hydrogen) atoms. The molecule has 6 nitrogen and oxygen atoms in total. The van der Waals surface area contributed by atoms with Gasteiger partial charge in [0.15, 0.2) is 0 Å². The Morgan fingerprint density at radius 2 is 2.07 bits per heavy atom. The molecule has 144 valence electrons. The molecule has 1 heterocycles. The summed E-state index contributed by atoms with van der Waals surface area (Å²) in [5, 5.41) is 11.0. The van der Waals surface area contributed by atoms with Crippen LogP contribution in [0.25, 0.3) is 5.70 Å². The molecule has 2 rings (SSSR count). The largest absolute Gasteiger partial charge is 0.416 e. The highest BCUT2D eigenvalue weighted by atomic mass is 19.4. The summed E-state index contributed by atoms with van der Waals surface area (Å²) in [4.78, 5) is 16.1. The Morgan fingerprint density at radius 3 is 2.63 bits per heavy atom. The van der Waals surface area contributed by atoms with E-state index in [2.05, 4.69) is 20.5 Å². The quantitative estimate of drug-likeness (QED) is 0.283. The van der Waals surface area contributed by atoms with Crippen molar-refractivity contribution in [1.82, 2.24) is 20.3 Å². The van der Waals surface area contributed by atoms with Crippen LogP contribution in [0.2, 0.25) is 0 Å². The van der Waals surface area contributed by atoms with E-state index < -0.39 is 23.6 Å². The van der Waals surface area contributed by atoms with Gasteiger partial charge >= 0.3 is 6.18 Å². The van der Waals surface area contributed by atoms with Crippen LogP contribution in [0, 0.1) is 5.82 Å². The van der Waals surface area contributed by atoms with Crippen LogP contribution in [0.1, 0.15) is 36.7 Å². The number of aliphatic imine (C=N–C) groups is 1. The first-order chi connectivity index (χ1) is 12.7. The number of carbonyl (C=O) groups excluding carboxylic acids is 1. The normalized spacial score (nSPS) is 14.2. The predicted octanol–water partition coefficient (Wildman–Crippen LogP) is 3.22. The van der Waals surface area contributed by atoms with Crippen LogP contribution >= 0.6 is 0 Å². The number of nitrogens with zero attached hydrogens (tertiary/aromatic N) is 4. The summed E-state index contributed by atoms with van der Waals surface area (Å²) < 4.78 is 52.2. The van der Waals surface area contributed by atoms with Gasteiger partial charge in [0.2, 0.25) is 0 Å². The minimum atomic E-state index is -4.63. The zero-order chi connectivity index (χ0) is 20.2. The molecule has 0 spiro atoms. The van der Waals surface area contributed by atoms with Gasteiger partial charge in [-0.2, -0.15) is 28.2 Å². The standard InChI is InChI=1S/C17H17F4N5O/c1-10(13-5-4-12(8-14(13)18)17(19,20)21)26-23-9-16(25-26)15(6-7-27)24-11(2)22-3/h4-10H,1-3H3,(H,22,24)/b15-6-. The number of amidine groups is 1. The van der Waals surface area contributed by atoms with Crippen molar-refractivity contribution in [3.05, 3.63) is 53.1 Å². The lowest BCUT2D eigenvalue weighted by atomic mass is 10.1. The summed E-state index contributed by atoms with van der Waals surface area (Å²) in [6.07, 6.45) is -1.56. The molecular weight excluding hydrogens is 366 g/mol. The van der Waals surface area contributed by atoms with Crippen LogP contribution in [-0.2, 0) is 11.0 Å². The molecule has 1 N–H and O–H groups in total. The maximum absolute atomic E-state index is 14.2. The maximum Gasteiger partial charge on any atom is 0.416 e. The number of aromatic nitrogens is 3. The molecule has 0 aliphatic heterocycles. The van der Waals surface area contributed by atoms with Crippen LogP contribution in [0.4, 0.5) is 17.6 Å². The van der Waals surface area contributed by atoms with Gasteiger partial charge in [-0.15, -0.1) is 0 Å². The fraction of sp³-hybridized carbons (Fsp3) is 0.294. The lowest BCUT2D eigenvalue weighted by Gasteiger charge is -2.14. The van der Waals surface area contributed by atoms with Crippen LogP contribution in [-0.4, -0.2) is 34.2 Å². The monoisotopic (exact) mass is 383 g/mol. The van der Waals surface area contributed by atoms with Crippen molar-refractivity contribution < 1.29 is 22.4 Å². The highest BCUT2D eigenvalue weighted by Gasteiger charge is 2.31. The average molecular weight is 383 g/mol. The van der Waals surface area contributed by atoms with E-state index in [1.54, 1.807) is 20.9 Å². The Morgan fingerprint density at radius 1 is 1.37 bits per heavy atom. The fourth-order valence-corrected chi connectivity index (χ4v) is 2.23. The van der Waals surface area contributed by atoms with Crippen molar-refractivity contribution in [3.63, 3.8) is 0 Å². The van der Waals surface area contributed by atoms with Gasteiger partial charge in [-0.3, -0.25) is 4.79 Å². The number of hydrogen-bond donors (Lipinski definition) is 1. The molecule has 1 unspecified atom stereocenters. The van der Waals surface area contributed by atoms with Crippen molar-refractivity contribution in [2.45, 2.75) is 26.1 Å². The van der Waals surface area contributed by atoms with E-state index in [-0.39, 0.29) is 17.0 Å². The molecule has 0 saturated heterocycles. The first-order valence-electron chi connectivity index (χ1n) is 7.84. The second kappa shape index (κ2) is 8.11. The van der Waals surface area contributed by atoms with Gasteiger partial charge in [-0.05, 0) is 26.0 Å². The molecular formula is C17H17F4N5O. The summed E-state index contributed by atoms with van der Waals surface area (Å²) >= 11 is 0. The SMILES string of the molecule is CN/C(C)=N\C(=C/C=O)c1cnn(C(C)c2ccc(C(F)(F)F)cc2F)n1. The Balaban J connectivity index is 2.35.